The normalized spacial score (nSPS) is 14.0. The molecule has 102 valence electrons. The summed E-state index contributed by atoms with van der Waals surface area (Å²) in [6, 6.07) is 5.60. The molecule has 1 aromatic carbocycles. The van der Waals surface area contributed by atoms with Gasteiger partial charge in [-0.3, -0.25) is 4.79 Å². The highest BCUT2D eigenvalue weighted by Crippen LogP contribution is 2.19. The van der Waals surface area contributed by atoms with E-state index in [0.29, 0.717) is 23.8 Å². The zero-order valence-electron chi connectivity index (χ0n) is 11.2. The first-order valence-corrected chi connectivity index (χ1v) is 6.32. The van der Waals surface area contributed by atoms with Crippen molar-refractivity contribution in [2.75, 3.05) is 19.0 Å². The molecular formula is C14H18N2O3. The maximum Gasteiger partial charge on any atom is 0.337 e. The van der Waals surface area contributed by atoms with E-state index in [2.05, 4.69) is 15.4 Å². The van der Waals surface area contributed by atoms with E-state index in [4.69, 9.17) is 0 Å². The lowest BCUT2D eigenvalue weighted by Crippen LogP contribution is -2.29. The molecule has 1 aliphatic rings. The minimum absolute atomic E-state index is 0.1000. The van der Waals surface area contributed by atoms with E-state index in [0.717, 1.165) is 18.4 Å². The highest BCUT2D eigenvalue weighted by molar-refractivity contribution is 5.96. The predicted molar refractivity (Wildman–Crippen MR) is 72.2 cm³/mol. The number of nitrogens with one attached hydrogen (secondary N) is 2. The van der Waals surface area contributed by atoms with Gasteiger partial charge in [-0.25, -0.2) is 4.79 Å². The monoisotopic (exact) mass is 262 g/mol. The molecule has 5 heteroatoms. The van der Waals surface area contributed by atoms with Crippen molar-refractivity contribution in [1.82, 2.24) is 5.32 Å². The van der Waals surface area contributed by atoms with Crippen LogP contribution in [0, 0.1) is 6.92 Å². The summed E-state index contributed by atoms with van der Waals surface area (Å²) in [4.78, 5) is 23.2. The lowest BCUT2D eigenvalue weighted by Gasteiger charge is -2.10. The molecule has 0 saturated heterocycles. The number of aryl methyl sites for hydroxylation is 1. The first kappa shape index (κ1) is 13.5. The number of hydrogen-bond donors (Lipinski definition) is 2. The molecule has 1 aliphatic carbocycles. The largest absolute Gasteiger partial charge is 0.465 e. The molecule has 0 radical (unpaired) electrons. The zero-order valence-corrected chi connectivity index (χ0v) is 11.2. The average molecular weight is 262 g/mol. The summed E-state index contributed by atoms with van der Waals surface area (Å²) >= 11 is 0. The van der Waals surface area contributed by atoms with Crippen LogP contribution in [0.4, 0.5) is 5.69 Å². The van der Waals surface area contributed by atoms with E-state index in [1.54, 1.807) is 18.2 Å². The SMILES string of the molecule is COC(=O)c1ccc(C)c(NC(=O)CNC2CC2)c1. The number of methoxy groups -OCH3 is 1. The average Bonchev–Trinajstić information content (AvgIpc) is 3.22. The van der Waals surface area contributed by atoms with E-state index < -0.39 is 5.97 Å². The highest BCUT2D eigenvalue weighted by Gasteiger charge is 2.21. The van der Waals surface area contributed by atoms with E-state index in [9.17, 15) is 9.59 Å². The van der Waals surface area contributed by atoms with Crippen LogP contribution in [0.1, 0.15) is 28.8 Å². The van der Waals surface area contributed by atoms with Gasteiger partial charge in [0.05, 0.1) is 19.2 Å². The Balaban J connectivity index is 2.00. The summed E-state index contributed by atoms with van der Waals surface area (Å²) in [5.74, 6) is -0.511. The molecule has 0 heterocycles. The predicted octanol–water partition coefficient (Wildman–Crippen LogP) is 1.47. The van der Waals surface area contributed by atoms with Crippen LogP contribution in [0.2, 0.25) is 0 Å². The van der Waals surface area contributed by atoms with Crippen molar-refractivity contribution in [2.45, 2.75) is 25.8 Å². The molecule has 1 saturated carbocycles. The number of anilines is 1. The van der Waals surface area contributed by atoms with Gasteiger partial charge < -0.3 is 15.4 Å². The minimum atomic E-state index is -0.411. The minimum Gasteiger partial charge on any atom is -0.465 e. The summed E-state index contributed by atoms with van der Waals surface area (Å²) in [5, 5.41) is 5.94. The van der Waals surface area contributed by atoms with Crippen molar-refractivity contribution in [3.63, 3.8) is 0 Å². The van der Waals surface area contributed by atoms with Crippen molar-refractivity contribution >= 4 is 17.6 Å². The van der Waals surface area contributed by atoms with Gasteiger partial charge in [0.15, 0.2) is 0 Å². The molecule has 0 spiro atoms. The van der Waals surface area contributed by atoms with Crippen molar-refractivity contribution in [2.24, 2.45) is 0 Å². The lowest BCUT2D eigenvalue weighted by molar-refractivity contribution is -0.115. The Bertz CT molecular complexity index is 495. The lowest BCUT2D eigenvalue weighted by atomic mass is 10.1. The summed E-state index contributed by atoms with van der Waals surface area (Å²) in [7, 11) is 1.33. The van der Waals surface area contributed by atoms with Gasteiger partial charge in [-0.1, -0.05) is 6.07 Å². The molecule has 1 fully saturated rings. The Morgan fingerprint density at radius 3 is 2.74 bits per heavy atom. The maximum absolute atomic E-state index is 11.8. The van der Waals surface area contributed by atoms with E-state index in [-0.39, 0.29) is 5.91 Å². The van der Waals surface area contributed by atoms with Crippen LogP contribution in [-0.4, -0.2) is 31.6 Å². The number of amides is 1. The fourth-order valence-corrected chi connectivity index (χ4v) is 1.72. The second kappa shape index (κ2) is 5.84. The van der Waals surface area contributed by atoms with Gasteiger partial charge in [-0.05, 0) is 37.5 Å². The third-order valence-electron chi connectivity index (χ3n) is 3.06. The van der Waals surface area contributed by atoms with Crippen molar-refractivity contribution in [3.05, 3.63) is 29.3 Å². The first-order valence-electron chi connectivity index (χ1n) is 6.32. The number of carbonyl (C=O) groups excluding carboxylic acids is 2. The van der Waals surface area contributed by atoms with Crippen LogP contribution in [0.5, 0.6) is 0 Å². The number of rotatable bonds is 5. The fourth-order valence-electron chi connectivity index (χ4n) is 1.72. The Kier molecular flexibility index (Phi) is 4.16. The van der Waals surface area contributed by atoms with Crippen molar-refractivity contribution in [1.29, 1.82) is 0 Å². The van der Waals surface area contributed by atoms with Crippen molar-refractivity contribution < 1.29 is 14.3 Å². The Hall–Kier alpha value is -1.88. The topological polar surface area (TPSA) is 67.4 Å². The molecule has 5 nitrogen and oxygen atoms in total. The number of benzene rings is 1. The molecule has 2 rings (SSSR count). The number of ether oxygens (including phenoxy) is 1. The molecule has 1 aromatic rings. The van der Waals surface area contributed by atoms with Crippen LogP contribution in [0.3, 0.4) is 0 Å². The van der Waals surface area contributed by atoms with Gasteiger partial charge in [0, 0.05) is 11.7 Å². The molecule has 0 aliphatic heterocycles. The molecule has 0 aromatic heterocycles. The van der Waals surface area contributed by atoms with E-state index in [1.807, 2.05) is 6.92 Å². The number of esters is 1. The van der Waals surface area contributed by atoms with Gasteiger partial charge >= 0.3 is 5.97 Å². The smallest absolute Gasteiger partial charge is 0.337 e. The molecular weight excluding hydrogens is 244 g/mol. The molecule has 0 unspecified atom stereocenters. The zero-order chi connectivity index (χ0) is 13.8. The van der Waals surface area contributed by atoms with Crippen LogP contribution < -0.4 is 10.6 Å². The number of hydrogen-bond acceptors (Lipinski definition) is 4. The van der Waals surface area contributed by atoms with Gasteiger partial charge in [-0.15, -0.1) is 0 Å². The second-order valence-electron chi connectivity index (χ2n) is 4.72. The number of carbonyl (C=O) groups is 2. The summed E-state index contributed by atoms with van der Waals surface area (Å²) in [6.07, 6.45) is 2.29. The van der Waals surface area contributed by atoms with Crippen LogP contribution >= 0.6 is 0 Å². The van der Waals surface area contributed by atoms with E-state index in [1.165, 1.54) is 7.11 Å². The maximum atomic E-state index is 11.8. The summed E-state index contributed by atoms with van der Waals surface area (Å²) in [5.41, 5.74) is 1.98. The standard InChI is InChI=1S/C14H18N2O3/c1-9-3-4-10(14(18)19-2)7-12(9)16-13(17)8-15-11-5-6-11/h3-4,7,11,15H,5-6,8H2,1-2H3,(H,16,17). The summed E-state index contributed by atoms with van der Waals surface area (Å²) in [6.45, 7) is 2.18. The van der Waals surface area contributed by atoms with Crippen molar-refractivity contribution in [3.8, 4) is 0 Å². The Morgan fingerprint density at radius 1 is 1.37 bits per heavy atom. The van der Waals surface area contributed by atoms with E-state index >= 15 is 0 Å². The quantitative estimate of drug-likeness (QED) is 0.789. The Labute approximate surface area is 112 Å². The second-order valence-corrected chi connectivity index (χ2v) is 4.72. The first-order chi connectivity index (χ1) is 9.10. The third-order valence-corrected chi connectivity index (χ3v) is 3.06. The van der Waals surface area contributed by atoms with Gasteiger partial charge in [0.25, 0.3) is 0 Å². The molecule has 19 heavy (non-hydrogen) atoms. The van der Waals surface area contributed by atoms with Crippen LogP contribution in [-0.2, 0) is 9.53 Å². The summed E-state index contributed by atoms with van der Waals surface area (Å²) < 4.78 is 4.66. The molecule has 0 bridgehead atoms. The molecule has 1 amide bonds. The molecule has 2 N–H and O–H groups in total. The molecule has 0 atom stereocenters. The fraction of sp³-hybridized carbons (Fsp3) is 0.429. The van der Waals surface area contributed by atoms with Crippen LogP contribution in [0.15, 0.2) is 18.2 Å². The Morgan fingerprint density at radius 2 is 2.11 bits per heavy atom. The third kappa shape index (κ3) is 3.79. The van der Waals surface area contributed by atoms with Gasteiger partial charge in [0.1, 0.15) is 0 Å². The highest BCUT2D eigenvalue weighted by atomic mass is 16.5. The van der Waals surface area contributed by atoms with Gasteiger partial charge in [-0.2, -0.15) is 0 Å². The van der Waals surface area contributed by atoms with Gasteiger partial charge in [0.2, 0.25) is 5.91 Å². The van der Waals surface area contributed by atoms with Crippen LogP contribution in [0.25, 0.3) is 0 Å².